The van der Waals surface area contributed by atoms with Gasteiger partial charge in [-0.05, 0) is 30.3 Å². The van der Waals surface area contributed by atoms with E-state index in [9.17, 15) is 22.8 Å². The van der Waals surface area contributed by atoms with Gasteiger partial charge in [0, 0.05) is 12.0 Å². The van der Waals surface area contributed by atoms with Gasteiger partial charge in [-0.15, -0.1) is 0 Å². The third-order valence-corrected chi connectivity index (χ3v) is 6.08. The first kappa shape index (κ1) is 19.8. The maximum atomic E-state index is 12.6. The van der Waals surface area contributed by atoms with Crippen molar-refractivity contribution in [2.45, 2.75) is 6.42 Å². The normalized spacial score (nSPS) is 15.4. The van der Waals surface area contributed by atoms with Gasteiger partial charge in [-0.3, -0.25) is 9.59 Å². The Morgan fingerprint density at radius 1 is 1.18 bits per heavy atom. The van der Waals surface area contributed by atoms with Crippen LogP contribution in [0.2, 0.25) is 5.02 Å². The fraction of sp³-hybridized carbons (Fsp3) is 0.167. The molecule has 0 spiro atoms. The van der Waals surface area contributed by atoms with Crippen LogP contribution in [0.3, 0.4) is 0 Å². The average Bonchev–Trinajstić information content (AvgIpc) is 2.94. The summed E-state index contributed by atoms with van der Waals surface area (Å²) in [7, 11) is -2.61. The number of nitrogens with one attached hydrogen (secondary N) is 1. The molecule has 0 atom stereocenters. The molecule has 3 rings (SSSR count). The van der Waals surface area contributed by atoms with E-state index in [-0.39, 0.29) is 39.7 Å². The maximum Gasteiger partial charge on any atom is 0.339 e. The minimum Gasteiger partial charge on any atom is -0.465 e. The van der Waals surface area contributed by atoms with Gasteiger partial charge < -0.3 is 10.1 Å². The Balaban J connectivity index is 1.95. The van der Waals surface area contributed by atoms with Crippen LogP contribution in [0.25, 0.3) is 0 Å². The molecule has 2 amide bonds. The van der Waals surface area contributed by atoms with Crippen LogP contribution in [0.15, 0.2) is 42.5 Å². The van der Waals surface area contributed by atoms with Gasteiger partial charge in [-0.2, -0.15) is 0 Å². The van der Waals surface area contributed by atoms with Crippen LogP contribution in [0.1, 0.15) is 27.1 Å². The Kier molecular flexibility index (Phi) is 5.39. The van der Waals surface area contributed by atoms with E-state index in [2.05, 4.69) is 10.1 Å². The summed E-state index contributed by atoms with van der Waals surface area (Å²) in [5.41, 5.74) is 0.359. The third kappa shape index (κ3) is 3.71. The molecule has 1 aliphatic rings. The molecule has 1 saturated heterocycles. The third-order valence-electron chi connectivity index (χ3n) is 4.09. The second-order valence-electron chi connectivity index (χ2n) is 5.88. The van der Waals surface area contributed by atoms with Crippen LogP contribution in [-0.4, -0.2) is 39.1 Å². The largest absolute Gasteiger partial charge is 0.465 e. The topological polar surface area (TPSA) is 110 Å². The summed E-state index contributed by atoms with van der Waals surface area (Å²) in [4.78, 5) is 36.5. The zero-order valence-electron chi connectivity index (χ0n) is 14.6. The number of nitrogens with zero attached hydrogens (tertiary/aromatic N) is 1. The lowest BCUT2D eigenvalue weighted by molar-refractivity contribution is -0.116. The Bertz CT molecular complexity index is 1080. The van der Waals surface area contributed by atoms with Crippen LogP contribution >= 0.6 is 11.6 Å². The first-order chi connectivity index (χ1) is 13.2. The summed E-state index contributed by atoms with van der Waals surface area (Å²) in [6.07, 6.45) is -0.151. The lowest BCUT2D eigenvalue weighted by atomic mass is 10.1. The highest BCUT2D eigenvalue weighted by atomic mass is 35.5. The number of para-hydroxylation sites is 1. The molecule has 0 bridgehead atoms. The Morgan fingerprint density at radius 2 is 1.89 bits per heavy atom. The fourth-order valence-corrected chi connectivity index (χ4v) is 4.45. The van der Waals surface area contributed by atoms with Crippen molar-refractivity contribution < 1.29 is 27.5 Å². The minimum absolute atomic E-state index is 0.0188. The van der Waals surface area contributed by atoms with Crippen LogP contribution in [-0.2, 0) is 19.6 Å². The summed E-state index contributed by atoms with van der Waals surface area (Å²) in [5, 5.41) is 2.59. The highest BCUT2D eigenvalue weighted by Gasteiger charge is 2.37. The van der Waals surface area contributed by atoms with Crippen molar-refractivity contribution in [2.75, 3.05) is 22.5 Å². The zero-order chi connectivity index (χ0) is 20.5. The molecular weight excluding hydrogens is 408 g/mol. The number of esters is 1. The van der Waals surface area contributed by atoms with Gasteiger partial charge in [0.2, 0.25) is 15.9 Å². The molecule has 28 heavy (non-hydrogen) atoms. The molecule has 2 aromatic rings. The highest BCUT2D eigenvalue weighted by Crippen LogP contribution is 2.33. The second-order valence-corrected chi connectivity index (χ2v) is 8.23. The second kappa shape index (κ2) is 7.61. The maximum absolute atomic E-state index is 12.6. The molecule has 0 unspecified atom stereocenters. The van der Waals surface area contributed by atoms with Crippen LogP contribution in [0, 0.1) is 0 Å². The molecule has 1 heterocycles. The molecule has 1 fully saturated rings. The first-order valence-electron chi connectivity index (χ1n) is 8.08. The van der Waals surface area contributed by atoms with E-state index in [0.29, 0.717) is 4.31 Å². The number of benzene rings is 2. The number of anilines is 2. The predicted octanol–water partition coefficient (Wildman–Crippen LogP) is 2.45. The van der Waals surface area contributed by atoms with Crippen LogP contribution in [0.5, 0.6) is 0 Å². The number of amides is 2. The van der Waals surface area contributed by atoms with E-state index in [1.165, 1.54) is 37.4 Å². The van der Waals surface area contributed by atoms with E-state index < -0.39 is 27.8 Å². The quantitative estimate of drug-likeness (QED) is 0.758. The van der Waals surface area contributed by atoms with Crippen molar-refractivity contribution >= 4 is 50.8 Å². The van der Waals surface area contributed by atoms with Crippen LogP contribution in [0.4, 0.5) is 11.4 Å². The average molecular weight is 423 g/mol. The predicted molar refractivity (Wildman–Crippen MR) is 103 cm³/mol. The summed E-state index contributed by atoms with van der Waals surface area (Å²) in [6.45, 7) is 0. The van der Waals surface area contributed by atoms with Gasteiger partial charge in [0.05, 0.1) is 34.8 Å². The molecule has 8 nitrogen and oxygen atoms in total. The van der Waals surface area contributed by atoms with E-state index in [1.807, 2.05) is 0 Å². The molecule has 10 heteroatoms. The number of hydrogen-bond donors (Lipinski definition) is 1. The lowest BCUT2D eigenvalue weighted by Crippen LogP contribution is -2.30. The lowest BCUT2D eigenvalue weighted by Gasteiger charge is -2.17. The number of methoxy groups -OCH3 is 1. The standard InChI is InChI=1S/C18H15ClN2O6S/c1-27-18(24)12-4-2-3-5-14(12)20-17(23)11-6-7-13(19)15(10-11)21-16(22)8-9-28(21,25)26/h2-7,10H,8-9H2,1H3,(H,20,23). The molecule has 0 aliphatic carbocycles. The van der Waals surface area contributed by atoms with Gasteiger partial charge in [0.1, 0.15) is 0 Å². The van der Waals surface area contributed by atoms with Gasteiger partial charge in [0.15, 0.2) is 0 Å². The number of rotatable bonds is 4. The number of halogens is 1. The van der Waals surface area contributed by atoms with Gasteiger partial charge >= 0.3 is 5.97 Å². The van der Waals surface area contributed by atoms with Crippen molar-refractivity contribution in [3.63, 3.8) is 0 Å². The smallest absolute Gasteiger partial charge is 0.339 e. The van der Waals surface area contributed by atoms with E-state index in [1.54, 1.807) is 12.1 Å². The number of carbonyl (C=O) groups excluding carboxylic acids is 3. The Morgan fingerprint density at radius 3 is 2.54 bits per heavy atom. The van der Waals surface area contributed by atoms with Crippen molar-refractivity contribution in [1.82, 2.24) is 0 Å². The summed E-state index contributed by atoms with van der Waals surface area (Å²) < 4.78 is 29.6. The molecule has 146 valence electrons. The van der Waals surface area contributed by atoms with Crippen molar-refractivity contribution in [2.24, 2.45) is 0 Å². The van der Waals surface area contributed by atoms with Crippen molar-refractivity contribution in [3.8, 4) is 0 Å². The number of hydrogen-bond acceptors (Lipinski definition) is 6. The van der Waals surface area contributed by atoms with Crippen molar-refractivity contribution in [3.05, 3.63) is 58.6 Å². The van der Waals surface area contributed by atoms with Crippen LogP contribution < -0.4 is 9.62 Å². The first-order valence-corrected chi connectivity index (χ1v) is 10.1. The van der Waals surface area contributed by atoms with E-state index in [0.717, 1.165) is 0 Å². The number of ether oxygens (including phenoxy) is 1. The van der Waals surface area contributed by atoms with Gasteiger partial charge in [-0.25, -0.2) is 17.5 Å². The molecule has 1 aliphatic heterocycles. The molecule has 1 N–H and O–H groups in total. The fourth-order valence-electron chi connectivity index (χ4n) is 2.73. The van der Waals surface area contributed by atoms with Gasteiger partial charge in [0.25, 0.3) is 5.91 Å². The number of sulfonamides is 1. The molecule has 0 saturated carbocycles. The van der Waals surface area contributed by atoms with Crippen molar-refractivity contribution in [1.29, 1.82) is 0 Å². The van der Waals surface area contributed by atoms with E-state index in [4.69, 9.17) is 11.6 Å². The SMILES string of the molecule is COC(=O)c1ccccc1NC(=O)c1ccc(Cl)c(N2C(=O)CCS2(=O)=O)c1. The molecule has 0 radical (unpaired) electrons. The molecule has 2 aromatic carbocycles. The highest BCUT2D eigenvalue weighted by molar-refractivity contribution is 7.94. The Hall–Kier alpha value is -2.91. The molecule has 0 aromatic heterocycles. The zero-order valence-corrected chi connectivity index (χ0v) is 16.2. The summed E-state index contributed by atoms with van der Waals surface area (Å²) >= 11 is 6.07. The molecular formula is C18H15ClN2O6S. The monoisotopic (exact) mass is 422 g/mol. The number of carbonyl (C=O) groups is 3. The van der Waals surface area contributed by atoms with E-state index >= 15 is 0 Å². The minimum atomic E-state index is -3.83. The van der Waals surface area contributed by atoms with Gasteiger partial charge in [-0.1, -0.05) is 23.7 Å². The Labute approximate surface area is 166 Å². The summed E-state index contributed by atoms with van der Waals surface area (Å²) in [5.74, 6) is -2.17. The summed E-state index contributed by atoms with van der Waals surface area (Å²) in [6, 6.07) is 10.2.